The van der Waals surface area contributed by atoms with E-state index in [0.29, 0.717) is 0 Å². The van der Waals surface area contributed by atoms with Crippen molar-refractivity contribution in [2.45, 2.75) is 0 Å². The maximum atomic E-state index is 5.50. The van der Waals surface area contributed by atoms with E-state index in [-0.39, 0.29) is 0 Å². The third-order valence-electron chi connectivity index (χ3n) is 5.59. The first-order chi connectivity index (χ1) is 16.3. The molecule has 0 saturated heterocycles. The summed E-state index contributed by atoms with van der Waals surface area (Å²) >= 11 is 0. The number of aliphatic imine (C=N–C) groups is 1. The lowest BCUT2D eigenvalue weighted by Crippen LogP contribution is -2.00. The number of methoxy groups -OCH3 is 1. The molecule has 0 fully saturated rings. The lowest BCUT2D eigenvalue weighted by molar-refractivity contribution is 0.416. The van der Waals surface area contributed by atoms with Crippen molar-refractivity contribution >= 4 is 11.9 Å². The van der Waals surface area contributed by atoms with Crippen LogP contribution in [0.1, 0.15) is 5.56 Å². The summed E-state index contributed by atoms with van der Waals surface area (Å²) in [6.07, 6.45) is 1.94. The molecule has 4 aromatic carbocycles. The second-order valence-electron chi connectivity index (χ2n) is 7.67. The molecular weight excluding hydrogens is 404 g/mol. The standard InChI is InChI=1S/C30H24N2O/c1-33-29-20-12-11-19-27(29)31-22-25-21-28(23-13-5-2-6-14-23)32(26-17-9-4-10-18-26)30(25)24-15-7-3-8-16-24/h2-22H,1H3. The highest BCUT2D eigenvalue weighted by atomic mass is 16.5. The molecule has 3 nitrogen and oxygen atoms in total. The quantitative estimate of drug-likeness (QED) is 0.256. The Morgan fingerprint density at radius 3 is 1.91 bits per heavy atom. The van der Waals surface area contributed by atoms with Gasteiger partial charge in [-0.3, -0.25) is 4.99 Å². The fourth-order valence-electron chi connectivity index (χ4n) is 4.06. The molecule has 0 atom stereocenters. The number of aromatic nitrogens is 1. The summed E-state index contributed by atoms with van der Waals surface area (Å²) in [6.45, 7) is 0. The Labute approximate surface area is 194 Å². The van der Waals surface area contributed by atoms with E-state index in [9.17, 15) is 0 Å². The minimum Gasteiger partial charge on any atom is -0.494 e. The lowest BCUT2D eigenvalue weighted by atomic mass is 10.1. The summed E-state index contributed by atoms with van der Waals surface area (Å²) in [5.74, 6) is 0.751. The average molecular weight is 429 g/mol. The van der Waals surface area contributed by atoms with Gasteiger partial charge in [0, 0.05) is 17.5 Å². The second-order valence-corrected chi connectivity index (χ2v) is 7.67. The molecule has 5 rings (SSSR count). The zero-order valence-corrected chi connectivity index (χ0v) is 18.4. The monoisotopic (exact) mass is 428 g/mol. The Hall–Kier alpha value is -4.37. The first kappa shape index (κ1) is 20.5. The molecule has 0 unspecified atom stereocenters. The molecule has 0 aliphatic heterocycles. The maximum Gasteiger partial charge on any atom is 0.144 e. The van der Waals surface area contributed by atoms with E-state index >= 15 is 0 Å². The van der Waals surface area contributed by atoms with E-state index < -0.39 is 0 Å². The van der Waals surface area contributed by atoms with Crippen LogP contribution in [0.5, 0.6) is 5.75 Å². The highest BCUT2D eigenvalue weighted by Gasteiger charge is 2.18. The van der Waals surface area contributed by atoms with Crippen LogP contribution in [0.2, 0.25) is 0 Å². The van der Waals surface area contributed by atoms with E-state index in [1.54, 1.807) is 7.11 Å². The second kappa shape index (κ2) is 9.41. The van der Waals surface area contributed by atoms with Crippen LogP contribution in [0.4, 0.5) is 5.69 Å². The van der Waals surface area contributed by atoms with Crippen molar-refractivity contribution in [1.29, 1.82) is 0 Å². The molecule has 0 spiro atoms. The van der Waals surface area contributed by atoms with Crippen molar-refractivity contribution in [3.63, 3.8) is 0 Å². The summed E-state index contributed by atoms with van der Waals surface area (Å²) < 4.78 is 7.81. The van der Waals surface area contributed by atoms with Gasteiger partial charge >= 0.3 is 0 Å². The minimum absolute atomic E-state index is 0.751. The van der Waals surface area contributed by atoms with Crippen molar-refractivity contribution < 1.29 is 4.74 Å². The van der Waals surface area contributed by atoms with Gasteiger partial charge in [0.05, 0.1) is 18.5 Å². The van der Waals surface area contributed by atoms with E-state index in [1.165, 1.54) is 0 Å². The van der Waals surface area contributed by atoms with Gasteiger partial charge < -0.3 is 9.30 Å². The number of nitrogens with zero attached hydrogens (tertiary/aromatic N) is 2. The molecule has 33 heavy (non-hydrogen) atoms. The summed E-state index contributed by atoms with van der Waals surface area (Å²) in [7, 11) is 1.67. The highest BCUT2D eigenvalue weighted by Crippen LogP contribution is 2.36. The third-order valence-corrected chi connectivity index (χ3v) is 5.59. The van der Waals surface area contributed by atoms with Crippen molar-refractivity contribution in [3.05, 3.63) is 127 Å². The van der Waals surface area contributed by atoms with E-state index in [2.05, 4.69) is 83.4 Å². The van der Waals surface area contributed by atoms with Gasteiger partial charge in [0.2, 0.25) is 0 Å². The van der Waals surface area contributed by atoms with E-state index in [4.69, 9.17) is 9.73 Å². The van der Waals surface area contributed by atoms with Crippen LogP contribution in [-0.2, 0) is 0 Å². The SMILES string of the molecule is COc1ccccc1N=Cc1cc(-c2ccccc2)n(-c2ccccc2)c1-c1ccccc1. The van der Waals surface area contributed by atoms with Gasteiger partial charge in [-0.15, -0.1) is 0 Å². The number of para-hydroxylation sites is 3. The Kier molecular flexibility index (Phi) is 5.85. The number of hydrogen-bond acceptors (Lipinski definition) is 2. The molecule has 3 heteroatoms. The normalized spacial score (nSPS) is 11.1. The number of rotatable bonds is 6. The van der Waals surface area contributed by atoms with Crippen molar-refractivity contribution in [2.75, 3.05) is 7.11 Å². The Balaban J connectivity index is 1.77. The van der Waals surface area contributed by atoms with Gasteiger partial charge in [0.25, 0.3) is 0 Å². The molecule has 0 N–H and O–H groups in total. The van der Waals surface area contributed by atoms with Crippen molar-refractivity contribution in [1.82, 2.24) is 4.57 Å². The van der Waals surface area contributed by atoms with E-state index in [0.717, 1.165) is 45.2 Å². The largest absolute Gasteiger partial charge is 0.494 e. The number of ether oxygens (including phenoxy) is 1. The smallest absolute Gasteiger partial charge is 0.144 e. The summed E-state index contributed by atoms with van der Waals surface area (Å²) in [5, 5.41) is 0. The number of hydrogen-bond donors (Lipinski definition) is 0. The summed E-state index contributed by atoms with van der Waals surface area (Å²) in [6, 6.07) is 41.4. The average Bonchev–Trinajstić information content (AvgIpc) is 3.28. The van der Waals surface area contributed by atoms with Crippen LogP contribution >= 0.6 is 0 Å². The van der Waals surface area contributed by atoms with Crippen LogP contribution in [0.3, 0.4) is 0 Å². The summed E-state index contributed by atoms with van der Waals surface area (Å²) in [4.78, 5) is 4.81. The fourth-order valence-corrected chi connectivity index (χ4v) is 4.06. The molecular formula is C30H24N2O. The first-order valence-electron chi connectivity index (χ1n) is 10.9. The van der Waals surface area contributed by atoms with Crippen molar-refractivity contribution in [2.24, 2.45) is 4.99 Å². The Bertz CT molecular complexity index is 1370. The third kappa shape index (κ3) is 4.21. The molecule has 0 bridgehead atoms. The van der Waals surface area contributed by atoms with Gasteiger partial charge in [-0.2, -0.15) is 0 Å². The van der Waals surface area contributed by atoms with Crippen LogP contribution < -0.4 is 4.74 Å². The van der Waals surface area contributed by atoms with Crippen LogP contribution in [0.15, 0.2) is 126 Å². The maximum absolute atomic E-state index is 5.50. The highest BCUT2D eigenvalue weighted by molar-refractivity contribution is 5.94. The van der Waals surface area contributed by atoms with Gasteiger partial charge in [0.1, 0.15) is 11.4 Å². The zero-order valence-electron chi connectivity index (χ0n) is 18.4. The van der Waals surface area contributed by atoms with Crippen LogP contribution in [-0.4, -0.2) is 17.9 Å². The molecule has 5 aromatic rings. The molecule has 1 aromatic heterocycles. The Morgan fingerprint density at radius 1 is 0.667 bits per heavy atom. The molecule has 0 saturated carbocycles. The van der Waals surface area contributed by atoms with Gasteiger partial charge in [-0.1, -0.05) is 91.0 Å². The summed E-state index contributed by atoms with van der Waals surface area (Å²) in [5.41, 5.74) is 7.43. The van der Waals surface area contributed by atoms with Crippen LogP contribution in [0.25, 0.3) is 28.2 Å². The molecule has 1 heterocycles. The minimum atomic E-state index is 0.751. The van der Waals surface area contributed by atoms with Gasteiger partial charge in [-0.05, 0) is 41.5 Å². The molecule has 0 amide bonds. The van der Waals surface area contributed by atoms with Crippen LogP contribution in [0, 0.1) is 0 Å². The predicted octanol–water partition coefficient (Wildman–Crippen LogP) is 7.57. The first-order valence-corrected chi connectivity index (χ1v) is 10.9. The Morgan fingerprint density at radius 2 is 1.24 bits per heavy atom. The van der Waals surface area contributed by atoms with Gasteiger partial charge in [0.15, 0.2) is 0 Å². The topological polar surface area (TPSA) is 26.5 Å². The van der Waals surface area contributed by atoms with E-state index in [1.807, 2.05) is 48.7 Å². The molecule has 0 radical (unpaired) electrons. The molecule has 0 aliphatic rings. The lowest BCUT2D eigenvalue weighted by Gasteiger charge is -2.15. The predicted molar refractivity (Wildman–Crippen MR) is 137 cm³/mol. The fraction of sp³-hybridized carbons (Fsp3) is 0.0333. The van der Waals surface area contributed by atoms with Gasteiger partial charge in [-0.25, -0.2) is 0 Å². The molecule has 0 aliphatic carbocycles. The molecule has 160 valence electrons. The zero-order chi connectivity index (χ0) is 22.5. The number of benzene rings is 4. The van der Waals surface area contributed by atoms with Crippen molar-refractivity contribution in [3.8, 4) is 34.0 Å².